The molecule has 1 aromatic carbocycles. The monoisotopic (exact) mass is 370 g/mol. The van der Waals surface area contributed by atoms with Gasteiger partial charge in [-0.05, 0) is 17.7 Å². The van der Waals surface area contributed by atoms with Gasteiger partial charge in [0.2, 0.25) is 0 Å². The molecular formula is C14H11FN2O7S. The molecule has 0 unspecified atom stereocenters. The van der Waals surface area contributed by atoms with E-state index in [1.807, 2.05) is 4.98 Å². The second-order valence-corrected chi connectivity index (χ2v) is 7.00. The number of aromatic amines is 1. The smallest absolute Gasteiger partial charge is 0.342 e. The Hall–Kier alpha value is -3.21. The molecule has 0 aliphatic carbocycles. The Bertz CT molecular complexity index is 1070. The van der Waals surface area contributed by atoms with Crippen LogP contribution in [-0.2, 0) is 9.84 Å². The highest BCUT2D eigenvalue weighted by Gasteiger charge is 2.27. The summed E-state index contributed by atoms with van der Waals surface area (Å²) in [6.45, 7) is 0. The van der Waals surface area contributed by atoms with Gasteiger partial charge in [0.25, 0.3) is 5.56 Å². The Morgan fingerprint density at radius 3 is 2.16 bits per heavy atom. The van der Waals surface area contributed by atoms with Crippen molar-refractivity contribution in [2.75, 3.05) is 12.0 Å². The molecule has 2 aromatic rings. The van der Waals surface area contributed by atoms with Crippen molar-refractivity contribution in [3.63, 3.8) is 0 Å². The number of benzene rings is 1. The van der Waals surface area contributed by atoms with Crippen molar-refractivity contribution in [1.82, 2.24) is 4.98 Å². The third-order valence-corrected chi connectivity index (χ3v) is 4.42. The maximum absolute atomic E-state index is 14.1. The van der Waals surface area contributed by atoms with Crippen LogP contribution in [0.15, 0.2) is 27.9 Å². The number of carbonyl (C=O) groups is 2. The third kappa shape index (κ3) is 3.21. The van der Waals surface area contributed by atoms with Gasteiger partial charge >= 0.3 is 11.9 Å². The van der Waals surface area contributed by atoms with Crippen LogP contribution in [-0.4, -0.2) is 41.8 Å². The van der Waals surface area contributed by atoms with E-state index in [9.17, 15) is 37.4 Å². The molecule has 0 aliphatic rings. The number of H-pyrrole nitrogens is 1. The third-order valence-electron chi connectivity index (χ3n) is 3.29. The van der Waals surface area contributed by atoms with Gasteiger partial charge < -0.3 is 20.9 Å². The van der Waals surface area contributed by atoms with E-state index in [0.717, 1.165) is 18.4 Å². The van der Waals surface area contributed by atoms with Crippen molar-refractivity contribution < 1.29 is 32.6 Å². The van der Waals surface area contributed by atoms with Gasteiger partial charge in [0.15, 0.2) is 9.84 Å². The van der Waals surface area contributed by atoms with E-state index in [-0.39, 0.29) is 5.56 Å². The van der Waals surface area contributed by atoms with E-state index >= 15 is 0 Å². The van der Waals surface area contributed by atoms with Crippen molar-refractivity contribution in [3.05, 3.63) is 45.5 Å². The summed E-state index contributed by atoms with van der Waals surface area (Å²) >= 11 is 0. The van der Waals surface area contributed by atoms with Gasteiger partial charge in [-0.2, -0.15) is 0 Å². The van der Waals surface area contributed by atoms with Crippen LogP contribution in [0.3, 0.4) is 0 Å². The van der Waals surface area contributed by atoms with Crippen LogP contribution in [0.5, 0.6) is 0 Å². The lowest BCUT2D eigenvalue weighted by atomic mass is 9.95. The lowest BCUT2D eigenvalue weighted by Crippen LogP contribution is -2.24. The van der Waals surface area contributed by atoms with Crippen LogP contribution in [0, 0.1) is 5.82 Å². The molecule has 0 amide bonds. The molecular weight excluding hydrogens is 359 g/mol. The molecule has 1 aromatic heterocycles. The number of pyridine rings is 1. The highest BCUT2D eigenvalue weighted by atomic mass is 32.2. The van der Waals surface area contributed by atoms with Crippen LogP contribution in [0.25, 0.3) is 11.1 Å². The highest BCUT2D eigenvalue weighted by Crippen LogP contribution is 2.31. The fourth-order valence-corrected chi connectivity index (χ4v) is 3.02. The Morgan fingerprint density at radius 1 is 1.16 bits per heavy atom. The summed E-state index contributed by atoms with van der Waals surface area (Å²) in [5.74, 6) is -5.26. The minimum Gasteiger partial charge on any atom is -0.478 e. The number of aromatic carboxylic acids is 2. The second kappa shape index (κ2) is 6.02. The first-order chi connectivity index (χ1) is 11.4. The quantitative estimate of drug-likeness (QED) is 0.605. The van der Waals surface area contributed by atoms with E-state index in [0.29, 0.717) is 6.07 Å². The molecule has 1 heterocycles. The normalized spacial score (nSPS) is 11.3. The number of hydrogen-bond donors (Lipinski definition) is 4. The first kappa shape index (κ1) is 18.1. The summed E-state index contributed by atoms with van der Waals surface area (Å²) < 4.78 is 37.0. The van der Waals surface area contributed by atoms with Gasteiger partial charge in [0.05, 0.1) is 0 Å². The highest BCUT2D eigenvalue weighted by molar-refractivity contribution is 7.90. The van der Waals surface area contributed by atoms with Crippen molar-refractivity contribution in [3.8, 4) is 11.1 Å². The van der Waals surface area contributed by atoms with Crippen molar-refractivity contribution >= 4 is 27.6 Å². The number of halogens is 1. The van der Waals surface area contributed by atoms with Crippen LogP contribution in [0.1, 0.15) is 20.7 Å². The number of carboxylic acid groups (broad SMARTS) is 2. The zero-order valence-corrected chi connectivity index (χ0v) is 13.3. The van der Waals surface area contributed by atoms with Crippen molar-refractivity contribution in [2.24, 2.45) is 0 Å². The number of rotatable bonds is 4. The van der Waals surface area contributed by atoms with E-state index in [1.54, 1.807) is 0 Å². The minimum atomic E-state index is -3.90. The Morgan fingerprint density at radius 2 is 1.72 bits per heavy atom. The molecule has 0 saturated heterocycles. The van der Waals surface area contributed by atoms with E-state index < -0.39 is 60.6 Å². The van der Waals surface area contributed by atoms with E-state index in [4.69, 9.17) is 5.73 Å². The first-order valence-electron chi connectivity index (χ1n) is 6.47. The predicted octanol–water partition coefficient (Wildman–Crippen LogP) is 0.563. The largest absolute Gasteiger partial charge is 0.478 e. The summed E-state index contributed by atoms with van der Waals surface area (Å²) in [6.07, 6.45) is 0.766. The maximum Gasteiger partial charge on any atom is 0.342 e. The Balaban J connectivity index is 2.96. The summed E-state index contributed by atoms with van der Waals surface area (Å²) in [7, 11) is -3.90. The lowest BCUT2D eigenvalue weighted by molar-refractivity contribution is 0.0695. The maximum atomic E-state index is 14.1. The molecule has 11 heteroatoms. The zero-order chi connectivity index (χ0) is 19.1. The summed E-state index contributed by atoms with van der Waals surface area (Å²) in [5, 5.41) is 18.5. The standard InChI is InChI=1S/C14H11FN2O7S/c1-25(23,24)7-3-2-5(4-6(7)15)8-9(13(19)20)11(16)17-12(18)10(8)14(21)22/h2-4H,1H3,(H,19,20)(H,21,22)(H3,16,17,18). The number of sulfone groups is 1. The molecule has 0 bridgehead atoms. The Kier molecular flexibility index (Phi) is 4.36. The predicted molar refractivity (Wildman–Crippen MR) is 83.9 cm³/mol. The summed E-state index contributed by atoms with van der Waals surface area (Å²) in [5.41, 5.74) is 1.61. The number of hydrogen-bond acceptors (Lipinski definition) is 6. The fourth-order valence-electron chi connectivity index (χ4n) is 2.29. The zero-order valence-electron chi connectivity index (χ0n) is 12.5. The van der Waals surface area contributed by atoms with Gasteiger partial charge in [-0.1, -0.05) is 6.07 Å². The summed E-state index contributed by atoms with van der Waals surface area (Å²) in [4.78, 5) is 35.9. The lowest BCUT2D eigenvalue weighted by Gasteiger charge is -2.13. The average molecular weight is 370 g/mol. The topological polar surface area (TPSA) is 168 Å². The first-order valence-corrected chi connectivity index (χ1v) is 8.36. The number of nitrogens with two attached hydrogens (primary N) is 1. The second-order valence-electron chi connectivity index (χ2n) is 5.02. The fraction of sp³-hybridized carbons (Fsp3) is 0.0714. The molecule has 0 saturated carbocycles. The molecule has 2 rings (SSSR count). The Labute approximate surface area is 139 Å². The van der Waals surface area contributed by atoms with Gasteiger partial charge in [-0.25, -0.2) is 22.4 Å². The molecule has 0 fully saturated rings. The van der Waals surface area contributed by atoms with Crippen molar-refractivity contribution in [2.45, 2.75) is 4.90 Å². The number of aromatic nitrogens is 1. The molecule has 25 heavy (non-hydrogen) atoms. The molecule has 9 nitrogen and oxygen atoms in total. The molecule has 5 N–H and O–H groups in total. The van der Waals surface area contributed by atoms with Crippen LogP contribution >= 0.6 is 0 Å². The average Bonchev–Trinajstić information content (AvgIpc) is 2.43. The van der Waals surface area contributed by atoms with Gasteiger partial charge in [0.1, 0.15) is 27.7 Å². The van der Waals surface area contributed by atoms with Gasteiger partial charge in [-0.3, -0.25) is 4.79 Å². The molecule has 0 spiro atoms. The summed E-state index contributed by atoms with van der Waals surface area (Å²) in [6, 6.07) is 2.46. The molecule has 0 radical (unpaired) electrons. The van der Waals surface area contributed by atoms with Crippen molar-refractivity contribution in [1.29, 1.82) is 0 Å². The van der Waals surface area contributed by atoms with E-state index in [1.165, 1.54) is 0 Å². The number of carboxylic acids is 2. The molecule has 0 aliphatic heterocycles. The molecule has 0 atom stereocenters. The molecule has 132 valence electrons. The minimum absolute atomic E-state index is 0.322. The van der Waals surface area contributed by atoms with Crippen LogP contribution in [0.4, 0.5) is 10.2 Å². The number of nitrogens with one attached hydrogen (secondary N) is 1. The number of nitrogen functional groups attached to an aromatic ring is 1. The van der Waals surface area contributed by atoms with Gasteiger partial charge in [-0.15, -0.1) is 0 Å². The van der Waals surface area contributed by atoms with E-state index in [2.05, 4.69) is 0 Å². The number of anilines is 1. The van der Waals surface area contributed by atoms with Crippen LogP contribution in [0.2, 0.25) is 0 Å². The van der Waals surface area contributed by atoms with Crippen LogP contribution < -0.4 is 11.3 Å². The van der Waals surface area contributed by atoms with Gasteiger partial charge in [0, 0.05) is 11.8 Å². The SMILES string of the molecule is CS(=O)(=O)c1ccc(-c2c(C(=O)O)c(N)[nH]c(=O)c2C(=O)O)cc1F.